The van der Waals surface area contributed by atoms with Crippen molar-refractivity contribution in [1.29, 1.82) is 0 Å². The molecule has 3 rings (SSSR count). The number of methoxy groups -OCH3 is 1. The summed E-state index contributed by atoms with van der Waals surface area (Å²) in [5, 5.41) is 5.94. The molecule has 150 valence electrons. The van der Waals surface area contributed by atoms with E-state index >= 15 is 0 Å². The lowest BCUT2D eigenvalue weighted by Crippen LogP contribution is -2.21. The lowest BCUT2D eigenvalue weighted by Gasteiger charge is -2.10. The van der Waals surface area contributed by atoms with E-state index in [0.717, 1.165) is 17.2 Å². The molecule has 0 aliphatic carbocycles. The third kappa shape index (κ3) is 6.86. The van der Waals surface area contributed by atoms with Gasteiger partial charge in [0.05, 0.1) is 13.2 Å². The van der Waals surface area contributed by atoms with Crippen molar-refractivity contribution in [3.05, 3.63) is 78.9 Å². The van der Waals surface area contributed by atoms with Crippen LogP contribution in [0.3, 0.4) is 0 Å². The molecule has 0 fully saturated rings. The van der Waals surface area contributed by atoms with Crippen LogP contribution in [-0.4, -0.2) is 32.8 Å². The van der Waals surface area contributed by atoms with Crippen LogP contribution < -0.4 is 20.1 Å². The van der Waals surface area contributed by atoms with Gasteiger partial charge in [0.15, 0.2) is 0 Å². The van der Waals surface area contributed by atoms with E-state index in [9.17, 15) is 4.79 Å². The molecular formula is C23H24N2O4. The number of para-hydroxylation sites is 1. The molecule has 0 atom stereocenters. The predicted molar refractivity (Wildman–Crippen MR) is 114 cm³/mol. The normalized spacial score (nSPS) is 10.2. The second kappa shape index (κ2) is 10.7. The van der Waals surface area contributed by atoms with Crippen molar-refractivity contribution >= 4 is 17.3 Å². The van der Waals surface area contributed by atoms with Crippen molar-refractivity contribution in [2.45, 2.75) is 0 Å². The fraction of sp³-hybridized carbons (Fsp3) is 0.174. The molecule has 0 unspecified atom stereocenters. The van der Waals surface area contributed by atoms with Crippen LogP contribution in [0, 0.1) is 0 Å². The number of ether oxygens (including phenoxy) is 3. The van der Waals surface area contributed by atoms with E-state index in [1.807, 2.05) is 78.9 Å². The van der Waals surface area contributed by atoms with Crippen molar-refractivity contribution in [2.24, 2.45) is 0 Å². The van der Waals surface area contributed by atoms with Crippen LogP contribution >= 0.6 is 0 Å². The molecule has 0 aromatic heterocycles. The lowest BCUT2D eigenvalue weighted by atomic mass is 10.3. The Morgan fingerprint density at radius 2 is 1.38 bits per heavy atom. The molecule has 3 aromatic carbocycles. The highest BCUT2D eigenvalue weighted by molar-refractivity contribution is 5.93. The number of carbonyl (C=O) groups excluding carboxylic acids is 1. The van der Waals surface area contributed by atoms with Gasteiger partial charge in [-0.3, -0.25) is 4.79 Å². The van der Waals surface area contributed by atoms with Crippen LogP contribution in [0.25, 0.3) is 0 Å². The number of nitrogens with one attached hydrogen (secondary N) is 2. The largest absolute Gasteiger partial charge is 0.491 e. The van der Waals surface area contributed by atoms with Crippen LogP contribution in [0.4, 0.5) is 11.4 Å². The summed E-state index contributed by atoms with van der Waals surface area (Å²) in [6.45, 7) is 1.20. The van der Waals surface area contributed by atoms with E-state index in [1.165, 1.54) is 0 Å². The van der Waals surface area contributed by atoms with Gasteiger partial charge < -0.3 is 24.8 Å². The zero-order chi connectivity index (χ0) is 20.3. The Morgan fingerprint density at radius 3 is 2.07 bits per heavy atom. The zero-order valence-electron chi connectivity index (χ0n) is 16.3. The van der Waals surface area contributed by atoms with Crippen molar-refractivity contribution in [2.75, 3.05) is 37.5 Å². The second-order valence-corrected chi connectivity index (χ2v) is 6.21. The molecule has 0 radical (unpaired) electrons. The Kier molecular flexibility index (Phi) is 7.48. The summed E-state index contributed by atoms with van der Waals surface area (Å²) in [5.41, 5.74) is 1.55. The Balaban J connectivity index is 1.43. The van der Waals surface area contributed by atoms with Crippen molar-refractivity contribution in [3.8, 4) is 17.2 Å². The lowest BCUT2D eigenvalue weighted by molar-refractivity contribution is -0.114. The van der Waals surface area contributed by atoms with Crippen molar-refractivity contribution in [3.63, 3.8) is 0 Å². The van der Waals surface area contributed by atoms with E-state index in [-0.39, 0.29) is 12.5 Å². The first-order chi connectivity index (χ1) is 14.2. The highest BCUT2D eigenvalue weighted by atomic mass is 16.5. The van der Waals surface area contributed by atoms with Gasteiger partial charge >= 0.3 is 0 Å². The first kappa shape index (κ1) is 20.2. The topological polar surface area (TPSA) is 68.8 Å². The van der Waals surface area contributed by atoms with E-state index in [1.54, 1.807) is 7.11 Å². The fourth-order valence-electron chi connectivity index (χ4n) is 2.53. The van der Waals surface area contributed by atoms with E-state index < -0.39 is 0 Å². The van der Waals surface area contributed by atoms with Gasteiger partial charge in [0.25, 0.3) is 0 Å². The molecule has 0 aliphatic heterocycles. The van der Waals surface area contributed by atoms with E-state index in [4.69, 9.17) is 14.2 Å². The average molecular weight is 392 g/mol. The van der Waals surface area contributed by atoms with Crippen LogP contribution in [0.2, 0.25) is 0 Å². The van der Waals surface area contributed by atoms with Gasteiger partial charge in [0, 0.05) is 18.5 Å². The first-order valence-corrected chi connectivity index (χ1v) is 9.31. The van der Waals surface area contributed by atoms with Gasteiger partial charge in [-0.1, -0.05) is 18.2 Å². The molecule has 0 bridgehead atoms. The minimum absolute atomic E-state index is 0.137. The van der Waals surface area contributed by atoms with Crippen LogP contribution in [0.5, 0.6) is 17.2 Å². The molecule has 0 saturated carbocycles. The van der Waals surface area contributed by atoms with Crippen LogP contribution in [0.15, 0.2) is 78.9 Å². The Hall–Kier alpha value is -3.51. The van der Waals surface area contributed by atoms with Gasteiger partial charge in [-0.2, -0.15) is 0 Å². The summed E-state index contributed by atoms with van der Waals surface area (Å²) in [4.78, 5) is 12.2. The number of carbonyl (C=O) groups is 1. The minimum Gasteiger partial charge on any atom is -0.491 e. The SMILES string of the molecule is COCCOc1ccc(NCC(=O)Nc2ccc(Oc3ccccc3)cc2)cc1. The van der Waals surface area contributed by atoms with Crippen LogP contribution in [-0.2, 0) is 9.53 Å². The van der Waals surface area contributed by atoms with E-state index in [2.05, 4.69) is 10.6 Å². The monoisotopic (exact) mass is 392 g/mol. The maximum atomic E-state index is 12.2. The van der Waals surface area contributed by atoms with Gasteiger partial charge in [-0.15, -0.1) is 0 Å². The highest BCUT2D eigenvalue weighted by Gasteiger charge is 2.04. The number of hydrogen-bond acceptors (Lipinski definition) is 5. The van der Waals surface area contributed by atoms with Gasteiger partial charge in [-0.25, -0.2) is 0 Å². The summed E-state index contributed by atoms with van der Waals surface area (Å²) < 4.78 is 16.2. The van der Waals surface area contributed by atoms with Crippen molar-refractivity contribution < 1.29 is 19.0 Å². The Bertz CT molecular complexity index is 881. The number of amides is 1. The average Bonchev–Trinajstić information content (AvgIpc) is 2.75. The fourth-order valence-corrected chi connectivity index (χ4v) is 2.53. The zero-order valence-corrected chi connectivity index (χ0v) is 16.3. The number of anilines is 2. The predicted octanol–water partition coefficient (Wildman–Crippen LogP) is 4.55. The van der Waals surface area contributed by atoms with E-state index in [0.29, 0.717) is 24.7 Å². The molecule has 1 amide bonds. The molecular weight excluding hydrogens is 368 g/mol. The first-order valence-electron chi connectivity index (χ1n) is 9.31. The summed E-state index contributed by atoms with van der Waals surface area (Å²) in [5.74, 6) is 2.10. The minimum atomic E-state index is -0.137. The molecule has 0 spiro atoms. The number of benzene rings is 3. The molecule has 29 heavy (non-hydrogen) atoms. The number of hydrogen-bond donors (Lipinski definition) is 2. The second-order valence-electron chi connectivity index (χ2n) is 6.21. The molecule has 0 heterocycles. The summed E-state index contributed by atoms with van der Waals surface area (Å²) >= 11 is 0. The highest BCUT2D eigenvalue weighted by Crippen LogP contribution is 2.22. The van der Waals surface area contributed by atoms with Gasteiger partial charge in [0.1, 0.15) is 23.9 Å². The van der Waals surface area contributed by atoms with Gasteiger partial charge in [-0.05, 0) is 60.7 Å². The summed E-state index contributed by atoms with van der Waals surface area (Å²) in [6, 6.07) is 24.2. The maximum Gasteiger partial charge on any atom is 0.243 e. The molecule has 2 N–H and O–H groups in total. The Labute approximate surface area is 170 Å². The maximum absolute atomic E-state index is 12.2. The number of rotatable bonds is 10. The third-order valence-corrected chi connectivity index (χ3v) is 3.98. The Morgan fingerprint density at radius 1 is 0.759 bits per heavy atom. The smallest absolute Gasteiger partial charge is 0.243 e. The summed E-state index contributed by atoms with van der Waals surface area (Å²) in [7, 11) is 1.63. The van der Waals surface area contributed by atoms with Crippen LogP contribution in [0.1, 0.15) is 0 Å². The molecule has 3 aromatic rings. The molecule has 0 aliphatic rings. The standard InChI is InChI=1S/C23H24N2O4/c1-27-15-16-28-20-11-7-18(8-12-20)24-17-23(26)25-19-9-13-22(14-10-19)29-21-5-3-2-4-6-21/h2-14,24H,15-17H2,1H3,(H,25,26). The molecule has 6 nitrogen and oxygen atoms in total. The molecule has 0 saturated heterocycles. The third-order valence-electron chi connectivity index (χ3n) is 3.98. The van der Waals surface area contributed by atoms with Crippen molar-refractivity contribution in [1.82, 2.24) is 0 Å². The summed E-state index contributed by atoms with van der Waals surface area (Å²) in [6.07, 6.45) is 0. The quantitative estimate of drug-likeness (QED) is 0.495. The van der Waals surface area contributed by atoms with Gasteiger partial charge in [0.2, 0.25) is 5.91 Å². The molecule has 6 heteroatoms.